The molecule has 0 saturated carbocycles. The average molecular weight is 338 g/mol. The third-order valence-corrected chi connectivity index (χ3v) is 3.56. The summed E-state index contributed by atoms with van der Waals surface area (Å²) in [5, 5.41) is 14.3. The summed E-state index contributed by atoms with van der Waals surface area (Å²) < 4.78 is 5.46. The number of aryl methyl sites for hydroxylation is 1. The van der Waals surface area contributed by atoms with Crippen LogP contribution < -0.4 is 10.1 Å². The molecule has 0 spiro atoms. The van der Waals surface area contributed by atoms with Crippen molar-refractivity contribution in [3.05, 3.63) is 64.5 Å². The maximum Gasteiger partial charge on any atom is 0.293 e. The van der Waals surface area contributed by atoms with Crippen molar-refractivity contribution in [1.29, 1.82) is 0 Å². The molecule has 1 amide bonds. The standard InChI is InChI=1S/C17H14N4O4/c1-11-5-4-8-14(21(23)24)16(11)20-15(22)9-25-17-12-6-2-3-7-13(12)18-10-19-17/h2-8,10H,9H2,1H3,(H,20,22). The summed E-state index contributed by atoms with van der Waals surface area (Å²) in [6, 6.07) is 11.8. The van der Waals surface area contributed by atoms with Crippen LogP contribution >= 0.6 is 0 Å². The largest absolute Gasteiger partial charge is 0.467 e. The van der Waals surface area contributed by atoms with Crippen LogP contribution in [0.3, 0.4) is 0 Å². The Kier molecular flexibility index (Phi) is 4.51. The van der Waals surface area contributed by atoms with Crippen molar-refractivity contribution >= 4 is 28.2 Å². The van der Waals surface area contributed by atoms with Gasteiger partial charge in [0, 0.05) is 6.07 Å². The molecule has 0 unspecified atom stereocenters. The lowest BCUT2D eigenvalue weighted by atomic mass is 10.1. The summed E-state index contributed by atoms with van der Waals surface area (Å²) in [5.41, 5.74) is 1.28. The molecule has 8 heteroatoms. The van der Waals surface area contributed by atoms with Crippen molar-refractivity contribution in [3.63, 3.8) is 0 Å². The van der Waals surface area contributed by atoms with E-state index >= 15 is 0 Å². The summed E-state index contributed by atoms with van der Waals surface area (Å²) in [6.45, 7) is 1.36. The lowest BCUT2D eigenvalue weighted by molar-refractivity contribution is -0.384. The molecular weight excluding hydrogens is 324 g/mol. The molecule has 0 aliphatic carbocycles. The number of para-hydroxylation sites is 2. The van der Waals surface area contributed by atoms with Gasteiger partial charge in [0.15, 0.2) is 6.61 Å². The number of amides is 1. The lowest BCUT2D eigenvalue weighted by Gasteiger charge is -2.10. The number of benzene rings is 2. The fraction of sp³-hybridized carbons (Fsp3) is 0.118. The third-order valence-electron chi connectivity index (χ3n) is 3.56. The van der Waals surface area contributed by atoms with Crippen LogP contribution in [0.5, 0.6) is 5.88 Å². The Morgan fingerprint density at radius 1 is 1.20 bits per heavy atom. The zero-order chi connectivity index (χ0) is 17.8. The molecule has 0 aliphatic rings. The number of rotatable bonds is 5. The Balaban J connectivity index is 1.75. The molecule has 1 N–H and O–H groups in total. The van der Waals surface area contributed by atoms with Gasteiger partial charge in [-0.05, 0) is 24.6 Å². The van der Waals surface area contributed by atoms with Gasteiger partial charge in [-0.2, -0.15) is 0 Å². The molecule has 0 aliphatic heterocycles. The predicted molar refractivity (Wildman–Crippen MR) is 91.5 cm³/mol. The van der Waals surface area contributed by atoms with Crippen LogP contribution in [0.2, 0.25) is 0 Å². The highest BCUT2D eigenvalue weighted by Crippen LogP contribution is 2.27. The second kappa shape index (κ2) is 6.91. The molecule has 3 rings (SSSR count). The number of carbonyl (C=O) groups excluding carboxylic acids is 1. The van der Waals surface area contributed by atoms with Crippen LogP contribution in [0, 0.1) is 17.0 Å². The number of fused-ring (bicyclic) bond motifs is 1. The number of anilines is 1. The molecule has 1 heterocycles. The summed E-state index contributed by atoms with van der Waals surface area (Å²) in [7, 11) is 0. The molecule has 0 saturated heterocycles. The minimum absolute atomic E-state index is 0.161. The minimum atomic E-state index is -0.540. The number of ether oxygens (including phenoxy) is 1. The first-order chi connectivity index (χ1) is 12.1. The minimum Gasteiger partial charge on any atom is -0.467 e. The van der Waals surface area contributed by atoms with E-state index in [9.17, 15) is 14.9 Å². The van der Waals surface area contributed by atoms with Crippen LogP contribution in [0.1, 0.15) is 5.56 Å². The van der Waals surface area contributed by atoms with E-state index in [0.717, 1.165) is 0 Å². The van der Waals surface area contributed by atoms with Crippen LogP contribution in [0.4, 0.5) is 11.4 Å². The summed E-state index contributed by atoms with van der Waals surface area (Å²) in [6.07, 6.45) is 1.35. The number of hydrogen-bond acceptors (Lipinski definition) is 6. The number of nitro benzene ring substituents is 1. The van der Waals surface area contributed by atoms with E-state index in [4.69, 9.17) is 4.74 Å². The van der Waals surface area contributed by atoms with Crippen LogP contribution in [-0.2, 0) is 4.79 Å². The molecular formula is C17H14N4O4. The Morgan fingerprint density at radius 3 is 2.80 bits per heavy atom. The van der Waals surface area contributed by atoms with Gasteiger partial charge in [0.2, 0.25) is 5.88 Å². The van der Waals surface area contributed by atoms with Crippen LogP contribution in [0.15, 0.2) is 48.8 Å². The fourth-order valence-electron chi connectivity index (χ4n) is 2.37. The topological polar surface area (TPSA) is 107 Å². The molecule has 1 aromatic heterocycles. The zero-order valence-electron chi connectivity index (χ0n) is 13.3. The molecule has 2 aromatic carbocycles. The number of hydrogen-bond donors (Lipinski definition) is 1. The number of nitro groups is 1. The number of aromatic nitrogens is 2. The fourth-order valence-corrected chi connectivity index (χ4v) is 2.37. The van der Waals surface area contributed by atoms with Gasteiger partial charge in [-0.15, -0.1) is 0 Å². The monoisotopic (exact) mass is 338 g/mol. The molecule has 3 aromatic rings. The highest BCUT2D eigenvalue weighted by Gasteiger charge is 2.18. The second-order valence-corrected chi connectivity index (χ2v) is 5.26. The van der Waals surface area contributed by atoms with Crippen LogP contribution in [-0.4, -0.2) is 27.4 Å². The van der Waals surface area contributed by atoms with Crippen molar-refractivity contribution in [3.8, 4) is 5.88 Å². The lowest BCUT2D eigenvalue weighted by Crippen LogP contribution is -2.21. The average Bonchev–Trinajstić information content (AvgIpc) is 2.61. The van der Waals surface area contributed by atoms with Gasteiger partial charge in [0.05, 0.1) is 15.8 Å². The van der Waals surface area contributed by atoms with Crippen molar-refractivity contribution in [2.24, 2.45) is 0 Å². The predicted octanol–water partition coefficient (Wildman–Crippen LogP) is 2.86. The Bertz CT molecular complexity index is 953. The highest BCUT2D eigenvalue weighted by molar-refractivity contribution is 5.95. The van der Waals surface area contributed by atoms with Gasteiger partial charge in [0.1, 0.15) is 12.0 Å². The molecule has 126 valence electrons. The summed E-state index contributed by atoms with van der Waals surface area (Å²) in [4.78, 5) is 30.8. The SMILES string of the molecule is Cc1cccc([N+](=O)[O-])c1NC(=O)COc1ncnc2ccccc12. The normalized spacial score (nSPS) is 10.4. The third kappa shape index (κ3) is 3.52. The zero-order valence-corrected chi connectivity index (χ0v) is 13.3. The Hall–Kier alpha value is -3.55. The van der Waals surface area contributed by atoms with E-state index in [1.165, 1.54) is 12.4 Å². The van der Waals surface area contributed by atoms with Gasteiger partial charge in [0.25, 0.3) is 11.6 Å². The first-order valence-corrected chi connectivity index (χ1v) is 7.42. The van der Waals surface area contributed by atoms with E-state index in [1.54, 1.807) is 31.2 Å². The van der Waals surface area contributed by atoms with E-state index in [0.29, 0.717) is 16.5 Å². The van der Waals surface area contributed by atoms with Crippen molar-refractivity contribution in [2.45, 2.75) is 6.92 Å². The van der Waals surface area contributed by atoms with E-state index < -0.39 is 10.8 Å². The smallest absolute Gasteiger partial charge is 0.293 e. The molecule has 25 heavy (non-hydrogen) atoms. The Morgan fingerprint density at radius 2 is 2.00 bits per heavy atom. The number of nitrogens with one attached hydrogen (secondary N) is 1. The van der Waals surface area contributed by atoms with Gasteiger partial charge in [-0.1, -0.05) is 24.3 Å². The molecule has 0 fully saturated rings. The highest BCUT2D eigenvalue weighted by atomic mass is 16.6. The van der Waals surface area contributed by atoms with Gasteiger partial charge in [-0.25, -0.2) is 9.97 Å². The first-order valence-electron chi connectivity index (χ1n) is 7.42. The molecule has 0 atom stereocenters. The van der Waals surface area contributed by atoms with E-state index in [1.807, 2.05) is 12.1 Å². The number of carbonyl (C=O) groups is 1. The van der Waals surface area contributed by atoms with Gasteiger partial charge >= 0.3 is 0 Å². The second-order valence-electron chi connectivity index (χ2n) is 5.26. The molecule has 8 nitrogen and oxygen atoms in total. The molecule has 0 radical (unpaired) electrons. The quantitative estimate of drug-likeness (QED) is 0.566. The van der Waals surface area contributed by atoms with E-state index in [2.05, 4.69) is 15.3 Å². The summed E-state index contributed by atoms with van der Waals surface area (Å²) >= 11 is 0. The number of nitrogens with zero attached hydrogens (tertiary/aromatic N) is 3. The van der Waals surface area contributed by atoms with Crippen molar-refractivity contribution in [1.82, 2.24) is 9.97 Å². The van der Waals surface area contributed by atoms with Crippen molar-refractivity contribution in [2.75, 3.05) is 11.9 Å². The maximum atomic E-state index is 12.1. The first kappa shape index (κ1) is 16.3. The Labute approximate surface area is 142 Å². The molecule has 0 bridgehead atoms. The van der Waals surface area contributed by atoms with Gasteiger partial charge < -0.3 is 10.1 Å². The van der Waals surface area contributed by atoms with Crippen LogP contribution in [0.25, 0.3) is 10.9 Å². The van der Waals surface area contributed by atoms with E-state index in [-0.39, 0.29) is 23.9 Å². The van der Waals surface area contributed by atoms with Gasteiger partial charge in [-0.3, -0.25) is 14.9 Å². The maximum absolute atomic E-state index is 12.1. The van der Waals surface area contributed by atoms with Crippen molar-refractivity contribution < 1.29 is 14.5 Å². The summed E-state index contributed by atoms with van der Waals surface area (Å²) in [5.74, 6) is -0.236.